The van der Waals surface area contributed by atoms with E-state index in [0.29, 0.717) is 6.61 Å². The first-order chi connectivity index (χ1) is 8.16. The van der Waals surface area contributed by atoms with E-state index in [4.69, 9.17) is 14.9 Å². The zero-order valence-electron chi connectivity index (χ0n) is 9.43. The standard InChI is InChI=1S/C12H14BrNO2S/c1-8(14)12(11-5-9(13)7-17-11)16-6-10-3-2-4-15-10/h2-5,7-8,12H,6,14H2,1H3. The van der Waals surface area contributed by atoms with Crippen molar-refractivity contribution in [1.82, 2.24) is 0 Å². The molecule has 3 nitrogen and oxygen atoms in total. The van der Waals surface area contributed by atoms with E-state index in [0.717, 1.165) is 15.1 Å². The zero-order valence-corrected chi connectivity index (χ0v) is 11.8. The van der Waals surface area contributed by atoms with Gasteiger partial charge in [0, 0.05) is 20.8 Å². The minimum absolute atomic E-state index is 0.0597. The fourth-order valence-corrected chi connectivity index (χ4v) is 3.14. The third-order valence-corrected chi connectivity index (χ3v) is 4.09. The summed E-state index contributed by atoms with van der Waals surface area (Å²) in [5.74, 6) is 0.811. The molecule has 2 aromatic rings. The van der Waals surface area contributed by atoms with Gasteiger partial charge < -0.3 is 14.9 Å². The molecule has 0 aliphatic carbocycles. The maximum absolute atomic E-state index is 5.95. The van der Waals surface area contributed by atoms with Crippen molar-refractivity contribution in [2.75, 3.05) is 0 Å². The lowest BCUT2D eigenvalue weighted by atomic mass is 10.1. The number of rotatable bonds is 5. The summed E-state index contributed by atoms with van der Waals surface area (Å²) in [5.41, 5.74) is 5.95. The molecule has 0 amide bonds. The quantitative estimate of drug-likeness (QED) is 0.915. The molecule has 0 saturated carbocycles. The Morgan fingerprint density at radius 2 is 2.41 bits per heavy atom. The van der Waals surface area contributed by atoms with Crippen LogP contribution in [0.2, 0.25) is 0 Å². The van der Waals surface area contributed by atoms with Crippen molar-refractivity contribution in [2.45, 2.75) is 25.7 Å². The first-order valence-corrected chi connectivity index (χ1v) is 6.97. The monoisotopic (exact) mass is 315 g/mol. The SMILES string of the molecule is CC(N)C(OCc1ccco1)c1cc(Br)cs1. The molecule has 0 radical (unpaired) electrons. The van der Waals surface area contributed by atoms with Crippen molar-refractivity contribution in [2.24, 2.45) is 5.73 Å². The van der Waals surface area contributed by atoms with Crippen LogP contribution in [0.1, 0.15) is 23.7 Å². The van der Waals surface area contributed by atoms with Crippen LogP contribution in [-0.4, -0.2) is 6.04 Å². The molecule has 0 fully saturated rings. The topological polar surface area (TPSA) is 48.4 Å². The van der Waals surface area contributed by atoms with Gasteiger partial charge in [0.2, 0.25) is 0 Å². The van der Waals surface area contributed by atoms with Crippen LogP contribution in [0.5, 0.6) is 0 Å². The van der Waals surface area contributed by atoms with Crippen molar-refractivity contribution >= 4 is 27.3 Å². The van der Waals surface area contributed by atoms with E-state index in [1.54, 1.807) is 17.6 Å². The number of nitrogens with two attached hydrogens (primary N) is 1. The summed E-state index contributed by atoms with van der Waals surface area (Å²) < 4.78 is 12.1. The molecule has 92 valence electrons. The van der Waals surface area contributed by atoms with Crippen LogP contribution in [0.15, 0.2) is 38.7 Å². The lowest BCUT2D eigenvalue weighted by Crippen LogP contribution is -2.26. The Kier molecular flexibility index (Phi) is 4.39. The normalized spacial score (nSPS) is 14.8. The Labute approximate surface area is 113 Å². The predicted molar refractivity (Wildman–Crippen MR) is 71.9 cm³/mol. The van der Waals surface area contributed by atoms with E-state index >= 15 is 0 Å². The van der Waals surface area contributed by atoms with Gasteiger partial charge >= 0.3 is 0 Å². The van der Waals surface area contributed by atoms with Crippen molar-refractivity contribution in [3.8, 4) is 0 Å². The summed E-state index contributed by atoms with van der Waals surface area (Å²) in [4.78, 5) is 1.12. The molecule has 0 bridgehead atoms. The molecule has 0 spiro atoms. The van der Waals surface area contributed by atoms with Gasteiger partial charge in [0.1, 0.15) is 18.5 Å². The van der Waals surface area contributed by atoms with Gasteiger partial charge in [0.15, 0.2) is 0 Å². The van der Waals surface area contributed by atoms with Gasteiger partial charge in [-0.2, -0.15) is 0 Å². The van der Waals surface area contributed by atoms with Crippen LogP contribution >= 0.6 is 27.3 Å². The average Bonchev–Trinajstić information content (AvgIpc) is 2.90. The summed E-state index contributed by atoms with van der Waals surface area (Å²) in [6.45, 7) is 2.38. The number of thiophene rings is 1. The van der Waals surface area contributed by atoms with E-state index < -0.39 is 0 Å². The Morgan fingerprint density at radius 1 is 1.59 bits per heavy atom. The number of halogens is 1. The zero-order chi connectivity index (χ0) is 12.3. The molecule has 0 aromatic carbocycles. The van der Waals surface area contributed by atoms with Gasteiger partial charge in [-0.25, -0.2) is 0 Å². The second-order valence-electron chi connectivity index (χ2n) is 3.84. The Bertz CT molecular complexity index is 453. The fourth-order valence-electron chi connectivity index (χ4n) is 1.54. The predicted octanol–water partition coefficient (Wildman–Crippen LogP) is 3.71. The molecule has 2 unspecified atom stereocenters. The van der Waals surface area contributed by atoms with Crippen molar-refractivity contribution in [3.63, 3.8) is 0 Å². The van der Waals surface area contributed by atoms with Crippen LogP contribution in [0.25, 0.3) is 0 Å². The van der Waals surface area contributed by atoms with Crippen LogP contribution in [-0.2, 0) is 11.3 Å². The highest BCUT2D eigenvalue weighted by Gasteiger charge is 2.19. The first kappa shape index (κ1) is 12.8. The van der Waals surface area contributed by atoms with E-state index in [9.17, 15) is 0 Å². The molecule has 2 N–H and O–H groups in total. The van der Waals surface area contributed by atoms with Gasteiger partial charge in [-0.15, -0.1) is 11.3 Å². The number of furan rings is 1. The molecule has 5 heteroatoms. The highest BCUT2D eigenvalue weighted by atomic mass is 79.9. The van der Waals surface area contributed by atoms with E-state index in [2.05, 4.69) is 15.9 Å². The van der Waals surface area contributed by atoms with Gasteiger partial charge in [-0.1, -0.05) is 0 Å². The van der Waals surface area contributed by atoms with Crippen LogP contribution in [0.4, 0.5) is 0 Å². The van der Waals surface area contributed by atoms with Gasteiger partial charge in [0.25, 0.3) is 0 Å². The maximum atomic E-state index is 5.95. The molecule has 0 aliphatic heterocycles. The summed E-state index contributed by atoms with van der Waals surface area (Å²) in [7, 11) is 0. The van der Waals surface area contributed by atoms with Crippen LogP contribution in [0, 0.1) is 0 Å². The Hall–Kier alpha value is -0.620. The molecule has 17 heavy (non-hydrogen) atoms. The largest absolute Gasteiger partial charge is 0.467 e. The molecule has 2 heterocycles. The second kappa shape index (κ2) is 5.82. The van der Waals surface area contributed by atoms with Crippen molar-refractivity contribution in [3.05, 3.63) is 45.0 Å². The molecular weight excluding hydrogens is 302 g/mol. The summed E-state index contributed by atoms with van der Waals surface area (Å²) >= 11 is 5.08. The van der Waals surface area contributed by atoms with Gasteiger partial charge in [-0.3, -0.25) is 0 Å². The van der Waals surface area contributed by atoms with E-state index in [1.807, 2.05) is 30.5 Å². The molecule has 2 atom stereocenters. The van der Waals surface area contributed by atoms with Crippen LogP contribution in [0.3, 0.4) is 0 Å². The maximum Gasteiger partial charge on any atom is 0.129 e. The number of hydrogen-bond donors (Lipinski definition) is 1. The number of hydrogen-bond acceptors (Lipinski definition) is 4. The lowest BCUT2D eigenvalue weighted by Gasteiger charge is -2.19. The smallest absolute Gasteiger partial charge is 0.129 e. The summed E-state index contributed by atoms with van der Waals surface area (Å²) in [6, 6.07) is 5.72. The summed E-state index contributed by atoms with van der Waals surface area (Å²) in [5, 5.41) is 2.03. The fraction of sp³-hybridized carbons (Fsp3) is 0.333. The molecular formula is C12H14BrNO2S. The average molecular weight is 316 g/mol. The van der Waals surface area contributed by atoms with E-state index in [1.165, 1.54) is 0 Å². The molecule has 2 rings (SSSR count). The van der Waals surface area contributed by atoms with Crippen LogP contribution < -0.4 is 5.73 Å². The molecule has 2 aromatic heterocycles. The number of ether oxygens (including phenoxy) is 1. The highest BCUT2D eigenvalue weighted by Crippen LogP contribution is 2.30. The first-order valence-electron chi connectivity index (χ1n) is 5.30. The van der Waals surface area contributed by atoms with Crippen molar-refractivity contribution in [1.29, 1.82) is 0 Å². The Balaban J connectivity index is 2.03. The second-order valence-corrected chi connectivity index (χ2v) is 5.70. The van der Waals surface area contributed by atoms with Gasteiger partial charge in [-0.05, 0) is 41.1 Å². The minimum atomic E-state index is -0.101. The third-order valence-electron chi connectivity index (χ3n) is 2.33. The summed E-state index contributed by atoms with van der Waals surface area (Å²) in [6.07, 6.45) is 1.54. The molecule has 0 saturated heterocycles. The third kappa shape index (κ3) is 3.42. The highest BCUT2D eigenvalue weighted by molar-refractivity contribution is 9.10. The van der Waals surface area contributed by atoms with Gasteiger partial charge in [0.05, 0.1) is 6.26 Å². The lowest BCUT2D eigenvalue weighted by molar-refractivity contribution is 0.0192. The Morgan fingerprint density at radius 3 is 2.94 bits per heavy atom. The van der Waals surface area contributed by atoms with Crippen molar-refractivity contribution < 1.29 is 9.15 Å². The molecule has 0 aliphatic rings. The van der Waals surface area contributed by atoms with E-state index in [-0.39, 0.29) is 12.1 Å². The minimum Gasteiger partial charge on any atom is -0.467 e.